The molecule has 1 atom stereocenters. The number of ether oxygens (including phenoxy) is 1. The molecule has 0 amide bonds. The summed E-state index contributed by atoms with van der Waals surface area (Å²) in [5, 5.41) is 5.41. The molecule has 0 saturated heterocycles. The van der Waals surface area contributed by atoms with Crippen LogP contribution in [0.3, 0.4) is 0 Å². The third kappa shape index (κ3) is 2.56. The molecule has 0 aliphatic rings. The summed E-state index contributed by atoms with van der Waals surface area (Å²) in [6.45, 7) is 7.02. The standard InChI is InChI=1S/C11H19NOS/c1-5-13-11(2,3)10(12-4)9-7-6-8-14-9/h6-8,10,12H,5H2,1-4H3. The van der Waals surface area contributed by atoms with Gasteiger partial charge < -0.3 is 10.1 Å². The highest BCUT2D eigenvalue weighted by Crippen LogP contribution is 2.31. The fourth-order valence-corrected chi connectivity index (χ4v) is 2.75. The van der Waals surface area contributed by atoms with Gasteiger partial charge in [-0.2, -0.15) is 0 Å². The van der Waals surface area contributed by atoms with E-state index in [-0.39, 0.29) is 11.6 Å². The number of nitrogens with one attached hydrogen (secondary N) is 1. The fourth-order valence-electron chi connectivity index (χ4n) is 1.74. The van der Waals surface area contributed by atoms with Crippen molar-refractivity contribution >= 4 is 11.3 Å². The summed E-state index contributed by atoms with van der Waals surface area (Å²) < 4.78 is 5.75. The Bertz CT molecular complexity index is 256. The second-order valence-electron chi connectivity index (χ2n) is 3.77. The zero-order chi connectivity index (χ0) is 10.6. The van der Waals surface area contributed by atoms with E-state index < -0.39 is 0 Å². The highest BCUT2D eigenvalue weighted by molar-refractivity contribution is 7.10. The SMILES string of the molecule is CCOC(C)(C)C(NC)c1cccs1. The second-order valence-corrected chi connectivity index (χ2v) is 4.75. The molecule has 1 heterocycles. The third-order valence-corrected chi connectivity index (χ3v) is 3.27. The first-order valence-corrected chi connectivity index (χ1v) is 5.84. The molecule has 0 radical (unpaired) electrons. The van der Waals surface area contributed by atoms with Crippen LogP contribution in [0.4, 0.5) is 0 Å². The molecule has 0 spiro atoms. The van der Waals surface area contributed by atoms with Crippen LogP contribution in [0.25, 0.3) is 0 Å². The quantitative estimate of drug-likeness (QED) is 0.812. The lowest BCUT2D eigenvalue weighted by molar-refractivity contribution is -0.0366. The third-order valence-electron chi connectivity index (χ3n) is 2.33. The van der Waals surface area contributed by atoms with Gasteiger partial charge in [-0.15, -0.1) is 11.3 Å². The normalized spacial score (nSPS) is 14.3. The Morgan fingerprint density at radius 1 is 1.57 bits per heavy atom. The van der Waals surface area contributed by atoms with Crippen molar-refractivity contribution in [2.24, 2.45) is 0 Å². The first kappa shape index (κ1) is 11.7. The van der Waals surface area contributed by atoms with E-state index >= 15 is 0 Å². The molecule has 1 aromatic rings. The van der Waals surface area contributed by atoms with Crippen LogP contribution in [0.1, 0.15) is 31.7 Å². The fraction of sp³-hybridized carbons (Fsp3) is 0.636. The van der Waals surface area contributed by atoms with Gasteiger partial charge >= 0.3 is 0 Å². The highest BCUT2D eigenvalue weighted by atomic mass is 32.1. The van der Waals surface area contributed by atoms with Gasteiger partial charge in [0, 0.05) is 11.5 Å². The molecular formula is C11H19NOS. The number of likely N-dealkylation sites (N-methyl/N-ethyl adjacent to an activating group) is 1. The molecule has 1 aromatic heterocycles. The minimum atomic E-state index is -0.158. The second kappa shape index (κ2) is 4.91. The Labute approximate surface area is 90.3 Å². The molecule has 80 valence electrons. The minimum Gasteiger partial charge on any atom is -0.374 e. The van der Waals surface area contributed by atoms with Crippen molar-refractivity contribution < 1.29 is 4.74 Å². The molecule has 0 saturated carbocycles. The van der Waals surface area contributed by atoms with E-state index in [4.69, 9.17) is 4.74 Å². The van der Waals surface area contributed by atoms with Gasteiger partial charge in [0.2, 0.25) is 0 Å². The van der Waals surface area contributed by atoms with Crippen LogP contribution in [0.15, 0.2) is 17.5 Å². The lowest BCUT2D eigenvalue weighted by Crippen LogP contribution is -2.39. The Balaban J connectivity index is 2.81. The van der Waals surface area contributed by atoms with Gasteiger partial charge in [0.15, 0.2) is 0 Å². The van der Waals surface area contributed by atoms with E-state index in [0.29, 0.717) is 0 Å². The zero-order valence-electron chi connectivity index (χ0n) is 9.33. The molecule has 0 aliphatic heterocycles. The van der Waals surface area contributed by atoms with Crippen molar-refractivity contribution in [3.8, 4) is 0 Å². The van der Waals surface area contributed by atoms with Gasteiger partial charge in [0.25, 0.3) is 0 Å². The van der Waals surface area contributed by atoms with Gasteiger partial charge in [-0.1, -0.05) is 6.07 Å². The van der Waals surface area contributed by atoms with E-state index in [2.05, 4.69) is 36.7 Å². The smallest absolute Gasteiger partial charge is 0.0828 e. The van der Waals surface area contributed by atoms with Gasteiger partial charge in [-0.05, 0) is 39.3 Å². The summed E-state index contributed by atoms with van der Waals surface area (Å²) in [4.78, 5) is 1.32. The number of hydrogen-bond donors (Lipinski definition) is 1. The minimum absolute atomic E-state index is 0.158. The van der Waals surface area contributed by atoms with Crippen LogP contribution < -0.4 is 5.32 Å². The molecule has 14 heavy (non-hydrogen) atoms. The molecule has 2 nitrogen and oxygen atoms in total. The van der Waals surface area contributed by atoms with Crippen LogP contribution in [0.5, 0.6) is 0 Å². The topological polar surface area (TPSA) is 21.3 Å². The monoisotopic (exact) mass is 213 g/mol. The van der Waals surface area contributed by atoms with E-state index in [1.54, 1.807) is 11.3 Å². The van der Waals surface area contributed by atoms with Crippen LogP contribution in [0, 0.1) is 0 Å². The van der Waals surface area contributed by atoms with Gasteiger partial charge in [-0.25, -0.2) is 0 Å². The molecule has 0 fully saturated rings. The zero-order valence-corrected chi connectivity index (χ0v) is 10.1. The average Bonchev–Trinajstić information content (AvgIpc) is 2.57. The van der Waals surface area contributed by atoms with Gasteiger partial charge in [0.1, 0.15) is 0 Å². The molecule has 0 aliphatic carbocycles. The molecule has 1 unspecified atom stereocenters. The first-order chi connectivity index (χ1) is 6.61. The maximum absolute atomic E-state index is 5.75. The summed E-state index contributed by atoms with van der Waals surface area (Å²) in [6.07, 6.45) is 0. The predicted octanol–water partition coefficient (Wildman–Crippen LogP) is 2.82. The predicted molar refractivity (Wildman–Crippen MR) is 61.8 cm³/mol. The van der Waals surface area contributed by atoms with E-state index in [1.807, 2.05) is 14.0 Å². The summed E-state index contributed by atoms with van der Waals surface area (Å²) in [7, 11) is 1.98. The average molecular weight is 213 g/mol. The van der Waals surface area contributed by atoms with E-state index in [0.717, 1.165) is 6.61 Å². The Morgan fingerprint density at radius 2 is 2.29 bits per heavy atom. The number of thiophene rings is 1. The van der Waals surface area contributed by atoms with Crippen LogP contribution in [-0.2, 0) is 4.74 Å². The lowest BCUT2D eigenvalue weighted by Gasteiger charge is -2.33. The van der Waals surface area contributed by atoms with Crippen molar-refractivity contribution in [3.63, 3.8) is 0 Å². The van der Waals surface area contributed by atoms with Gasteiger partial charge in [-0.3, -0.25) is 0 Å². The molecule has 0 aromatic carbocycles. The van der Waals surface area contributed by atoms with Crippen LogP contribution >= 0.6 is 11.3 Å². The van der Waals surface area contributed by atoms with Gasteiger partial charge in [0.05, 0.1) is 11.6 Å². The number of hydrogen-bond acceptors (Lipinski definition) is 3. The Morgan fingerprint density at radius 3 is 2.71 bits per heavy atom. The van der Waals surface area contributed by atoms with Crippen molar-refractivity contribution in [2.45, 2.75) is 32.4 Å². The van der Waals surface area contributed by atoms with Crippen molar-refractivity contribution in [2.75, 3.05) is 13.7 Å². The van der Waals surface area contributed by atoms with Crippen molar-refractivity contribution in [1.29, 1.82) is 0 Å². The first-order valence-electron chi connectivity index (χ1n) is 4.96. The van der Waals surface area contributed by atoms with Crippen LogP contribution in [-0.4, -0.2) is 19.3 Å². The largest absolute Gasteiger partial charge is 0.374 e. The highest BCUT2D eigenvalue weighted by Gasteiger charge is 2.30. The summed E-state index contributed by atoms with van der Waals surface area (Å²) in [5.74, 6) is 0. The maximum atomic E-state index is 5.75. The summed E-state index contributed by atoms with van der Waals surface area (Å²) >= 11 is 1.77. The lowest BCUT2D eigenvalue weighted by atomic mass is 9.97. The summed E-state index contributed by atoms with van der Waals surface area (Å²) in [5.41, 5.74) is -0.158. The van der Waals surface area contributed by atoms with Crippen molar-refractivity contribution in [1.82, 2.24) is 5.32 Å². The Hall–Kier alpha value is -0.380. The van der Waals surface area contributed by atoms with Crippen molar-refractivity contribution in [3.05, 3.63) is 22.4 Å². The molecule has 3 heteroatoms. The van der Waals surface area contributed by atoms with E-state index in [9.17, 15) is 0 Å². The summed E-state index contributed by atoms with van der Waals surface area (Å²) in [6, 6.07) is 4.49. The molecular weight excluding hydrogens is 194 g/mol. The number of rotatable bonds is 5. The van der Waals surface area contributed by atoms with Crippen LogP contribution in [0.2, 0.25) is 0 Å². The Kier molecular flexibility index (Phi) is 4.11. The molecule has 1 rings (SSSR count). The maximum Gasteiger partial charge on any atom is 0.0828 e. The van der Waals surface area contributed by atoms with E-state index in [1.165, 1.54) is 4.88 Å². The molecule has 1 N–H and O–H groups in total. The molecule has 0 bridgehead atoms.